The molecule has 1 amide bonds. The number of aryl methyl sites for hydroxylation is 1. The van der Waals surface area contributed by atoms with Crippen LogP contribution in [0.3, 0.4) is 0 Å². The first-order valence-electron chi connectivity index (χ1n) is 7.48. The van der Waals surface area contributed by atoms with Gasteiger partial charge in [-0.15, -0.1) is 0 Å². The number of halogens is 1. The number of amides is 1. The zero-order valence-electron chi connectivity index (χ0n) is 13.3. The number of rotatable bonds is 3. The molecule has 3 rings (SSSR count). The summed E-state index contributed by atoms with van der Waals surface area (Å²) in [7, 11) is 0. The third-order valence-corrected chi connectivity index (χ3v) is 4.30. The Bertz CT molecular complexity index is 828. The van der Waals surface area contributed by atoms with Crippen LogP contribution in [0.5, 0.6) is 0 Å². The lowest BCUT2D eigenvalue weighted by Gasteiger charge is -2.27. The first-order chi connectivity index (χ1) is 11.4. The molecule has 124 valence electrons. The lowest BCUT2D eigenvalue weighted by atomic mass is 9.97. The molecule has 24 heavy (non-hydrogen) atoms. The molecule has 7 nitrogen and oxygen atoms in total. The van der Waals surface area contributed by atoms with Crippen LogP contribution in [0.1, 0.15) is 30.6 Å². The summed E-state index contributed by atoms with van der Waals surface area (Å²) >= 11 is 6.08. The number of benzene rings is 1. The number of nitriles is 1. The Kier molecular flexibility index (Phi) is 4.16. The molecule has 0 saturated carbocycles. The molecule has 0 bridgehead atoms. The molecule has 1 aromatic carbocycles. The van der Waals surface area contributed by atoms with Crippen molar-refractivity contribution in [2.75, 3.05) is 18.0 Å². The van der Waals surface area contributed by atoms with Gasteiger partial charge in [-0.2, -0.15) is 10.2 Å². The van der Waals surface area contributed by atoms with Crippen LogP contribution < -0.4 is 10.2 Å². The molecule has 8 heteroatoms. The van der Waals surface area contributed by atoms with Crippen molar-refractivity contribution in [3.63, 3.8) is 0 Å². The van der Waals surface area contributed by atoms with Gasteiger partial charge in [0.2, 0.25) is 11.8 Å². The number of aromatic nitrogens is 2. The molecule has 1 atom stereocenters. The molecule has 0 spiro atoms. The minimum Gasteiger partial charge on any atom is -0.367 e. The molecular weight excluding hydrogens is 330 g/mol. The van der Waals surface area contributed by atoms with Gasteiger partial charge >= 0.3 is 0 Å². The number of carbonyl (C=O) groups excluding carboxylic acids is 1. The molecule has 2 aromatic rings. The lowest BCUT2D eigenvalue weighted by molar-refractivity contribution is -0.120. The third kappa shape index (κ3) is 2.93. The average molecular weight is 346 g/mol. The van der Waals surface area contributed by atoms with E-state index in [1.807, 2.05) is 4.90 Å². The lowest BCUT2D eigenvalue weighted by Crippen LogP contribution is -2.48. The molecule has 0 unspecified atom stereocenters. The SMILES string of the molecule is CC(=O)N[C@@]1(c2noc(C)n2)CCN(c2cc(Cl)ccc2C#N)C1. The van der Waals surface area contributed by atoms with Crippen molar-refractivity contribution in [2.24, 2.45) is 0 Å². The predicted molar refractivity (Wildman–Crippen MR) is 87.5 cm³/mol. The van der Waals surface area contributed by atoms with Crippen molar-refractivity contribution in [3.8, 4) is 6.07 Å². The highest BCUT2D eigenvalue weighted by Gasteiger charge is 2.44. The highest BCUT2D eigenvalue weighted by atomic mass is 35.5. The van der Waals surface area contributed by atoms with Crippen LogP contribution in [0.15, 0.2) is 22.7 Å². The Labute approximate surface area is 144 Å². The van der Waals surface area contributed by atoms with Gasteiger partial charge in [0.05, 0.1) is 11.3 Å². The van der Waals surface area contributed by atoms with Gasteiger partial charge in [-0.05, 0) is 24.6 Å². The van der Waals surface area contributed by atoms with Crippen molar-refractivity contribution in [1.82, 2.24) is 15.5 Å². The van der Waals surface area contributed by atoms with E-state index in [2.05, 4.69) is 21.5 Å². The quantitative estimate of drug-likeness (QED) is 0.915. The van der Waals surface area contributed by atoms with Crippen molar-refractivity contribution in [1.29, 1.82) is 5.26 Å². The molecule has 1 N–H and O–H groups in total. The topological polar surface area (TPSA) is 95.1 Å². The summed E-state index contributed by atoms with van der Waals surface area (Å²) in [5.41, 5.74) is 0.512. The highest BCUT2D eigenvalue weighted by Crippen LogP contribution is 2.35. The zero-order valence-corrected chi connectivity index (χ0v) is 14.1. The minimum atomic E-state index is -0.751. The average Bonchev–Trinajstić information content (AvgIpc) is 3.14. The van der Waals surface area contributed by atoms with Crippen LogP contribution in [0.2, 0.25) is 5.02 Å². The minimum absolute atomic E-state index is 0.175. The summed E-state index contributed by atoms with van der Waals surface area (Å²) in [5.74, 6) is 0.706. The zero-order chi connectivity index (χ0) is 17.3. The molecule has 1 aromatic heterocycles. The number of nitrogens with zero attached hydrogens (tertiary/aromatic N) is 4. The second-order valence-corrected chi connectivity index (χ2v) is 6.28. The number of carbonyl (C=O) groups is 1. The second kappa shape index (κ2) is 6.13. The Hall–Kier alpha value is -2.59. The second-order valence-electron chi connectivity index (χ2n) is 5.85. The maximum Gasteiger partial charge on any atom is 0.223 e. The van der Waals surface area contributed by atoms with Gasteiger partial charge in [-0.1, -0.05) is 16.8 Å². The fraction of sp³-hybridized carbons (Fsp3) is 0.375. The maximum absolute atomic E-state index is 11.7. The van der Waals surface area contributed by atoms with Gasteiger partial charge in [0.25, 0.3) is 0 Å². The fourth-order valence-corrected chi connectivity index (χ4v) is 3.21. The van der Waals surface area contributed by atoms with Gasteiger partial charge in [0, 0.05) is 32.0 Å². The molecule has 1 fully saturated rings. The van der Waals surface area contributed by atoms with Gasteiger partial charge < -0.3 is 14.7 Å². The van der Waals surface area contributed by atoms with E-state index in [-0.39, 0.29) is 5.91 Å². The van der Waals surface area contributed by atoms with E-state index >= 15 is 0 Å². The van der Waals surface area contributed by atoms with Gasteiger partial charge in [-0.25, -0.2) is 0 Å². The Morgan fingerprint density at radius 3 is 2.96 bits per heavy atom. The Morgan fingerprint density at radius 1 is 1.54 bits per heavy atom. The number of nitrogens with one attached hydrogen (secondary N) is 1. The van der Waals surface area contributed by atoms with Crippen molar-refractivity contribution < 1.29 is 9.32 Å². The standard InChI is InChI=1S/C16H16ClN5O2/c1-10(23)20-16(15-19-11(2)24-21-15)5-6-22(9-16)14-7-13(17)4-3-12(14)8-18/h3-4,7H,5-6,9H2,1-2H3,(H,20,23)/t16-/m0/s1. The monoisotopic (exact) mass is 345 g/mol. The van der Waals surface area contributed by atoms with E-state index in [1.165, 1.54) is 6.92 Å². The van der Waals surface area contributed by atoms with E-state index in [9.17, 15) is 10.1 Å². The predicted octanol–water partition coefficient (Wildman–Crippen LogP) is 2.14. The van der Waals surface area contributed by atoms with Crippen LogP contribution in [0.25, 0.3) is 0 Å². The van der Waals surface area contributed by atoms with Crippen LogP contribution in [-0.2, 0) is 10.3 Å². The Balaban J connectivity index is 1.98. The van der Waals surface area contributed by atoms with E-state index in [0.29, 0.717) is 41.8 Å². The van der Waals surface area contributed by atoms with E-state index in [4.69, 9.17) is 16.1 Å². The van der Waals surface area contributed by atoms with E-state index in [0.717, 1.165) is 5.69 Å². The summed E-state index contributed by atoms with van der Waals surface area (Å²) in [6.07, 6.45) is 0.600. The van der Waals surface area contributed by atoms with Gasteiger partial charge in [0.1, 0.15) is 11.6 Å². The fourth-order valence-electron chi connectivity index (χ4n) is 3.05. The molecule has 0 aliphatic carbocycles. The summed E-state index contributed by atoms with van der Waals surface area (Å²) < 4.78 is 5.08. The highest BCUT2D eigenvalue weighted by molar-refractivity contribution is 6.30. The molecule has 1 aliphatic rings. The Morgan fingerprint density at radius 2 is 2.33 bits per heavy atom. The molecule has 1 aliphatic heterocycles. The van der Waals surface area contributed by atoms with E-state index < -0.39 is 5.54 Å². The maximum atomic E-state index is 11.7. The first-order valence-corrected chi connectivity index (χ1v) is 7.85. The molecular formula is C16H16ClN5O2. The van der Waals surface area contributed by atoms with Crippen LogP contribution in [0, 0.1) is 18.3 Å². The summed E-state index contributed by atoms with van der Waals surface area (Å²) in [6.45, 7) is 4.22. The van der Waals surface area contributed by atoms with Crippen molar-refractivity contribution in [2.45, 2.75) is 25.8 Å². The number of anilines is 1. The molecule has 2 heterocycles. The normalized spacial score (nSPS) is 20.0. The summed E-state index contributed by atoms with van der Waals surface area (Å²) in [4.78, 5) is 18.0. The number of hydrogen-bond donors (Lipinski definition) is 1. The van der Waals surface area contributed by atoms with Crippen molar-refractivity contribution >= 4 is 23.2 Å². The van der Waals surface area contributed by atoms with Gasteiger partial charge in [0.15, 0.2) is 5.82 Å². The largest absolute Gasteiger partial charge is 0.367 e. The summed E-state index contributed by atoms with van der Waals surface area (Å²) in [5, 5.41) is 16.8. The molecule has 1 saturated heterocycles. The third-order valence-electron chi connectivity index (χ3n) is 4.06. The summed E-state index contributed by atoms with van der Waals surface area (Å²) in [6, 6.07) is 7.30. The van der Waals surface area contributed by atoms with E-state index in [1.54, 1.807) is 25.1 Å². The van der Waals surface area contributed by atoms with Crippen LogP contribution in [-0.4, -0.2) is 29.1 Å². The first kappa shape index (κ1) is 16.3. The smallest absolute Gasteiger partial charge is 0.223 e. The number of hydrogen-bond acceptors (Lipinski definition) is 6. The van der Waals surface area contributed by atoms with Crippen LogP contribution >= 0.6 is 11.6 Å². The van der Waals surface area contributed by atoms with Crippen molar-refractivity contribution in [3.05, 3.63) is 40.5 Å². The molecule has 0 radical (unpaired) electrons. The van der Waals surface area contributed by atoms with Crippen LogP contribution in [0.4, 0.5) is 5.69 Å². The van der Waals surface area contributed by atoms with Gasteiger partial charge in [-0.3, -0.25) is 4.79 Å².